The van der Waals surface area contributed by atoms with Gasteiger partial charge < -0.3 is 19.7 Å². The summed E-state index contributed by atoms with van der Waals surface area (Å²) in [6.07, 6.45) is 3.51. The summed E-state index contributed by atoms with van der Waals surface area (Å²) in [4.78, 5) is 49.4. The second-order valence-electron chi connectivity index (χ2n) is 14.2. The monoisotopic (exact) mass is 706 g/mol. The topological polar surface area (TPSA) is 149 Å². The summed E-state index contributed by atoms with van der Waals surface area (Å²) in [5, 5.41) is 11.8. The van der Waals surface area contributed by atoms with Crippen LogP contribution in [0.25, 0.3) is 22.4 Å². The van der Waals surface area contributed by atoms with Crippen LogP contribution in [0.4, 0.5) is 24.8 Å². The lowest BCUT2D eigenvalue weighted by Gasteiger charge is -2.34. The molecule has 3 aliphatic rings. The van der Waals surface area contributed by atoms with Crippen molar-refractivity contribution in [1.29, 1.82) is 0 Å². The van der Waals surface area contributed by atoms with Gasteiger partial charge in [-0.2, -0.15) is 18.2 Å². The molecule has 0 saturated heterocycles. The van der Waals surface area contributed by atoms with Gasteiger partial charge in [-0.3, -0.25) is 24.8 Å². The first kappa shape index (κ1) is 34.8. The van der Waals surface area contributed by atoms with E-state index >= 15 is 0 Å². The molecular weight excluding hydrogens is 665 g/mol. The number of H-pyrrole nitrogens is 1. The number of aromatic amines is 1. The van der Waals surface area contributed by atoms with Crippen molar-refractivity contribution in [3.63, 3.8) is 0 Å². The Hall–Kier alpha value is -4.63. The predicted molar refractivity (Wildman–Crippen MR) is 184 cm³/mol. The van der Waals surface area contributed by atoms with Crippen LogP contribution in [0, 0.1) is 5.41 Å². The van der Waals surface area contributed by atoms with Crippen molar-refractivity contribution in [2.75, 3.05) is 50.6 Å². The Morgan fingerprint density at radius 3 is 2.61 bits per heavy atom. The van der Waals surface area contributed by atoms with E-state index in [1.54, 1.807) is 31.5 Å². The number of fused-ring (bicyclic) bond motifs is 2. The molecule has 2 saturated carbocycles. The fourth-order valence-corrected chi connectivity index (χ4v) is 7.52. The van der Waals surface area contributed by atoms with Gasteiger partial charge >= 0.3 is 12.1 Å². The third-order valence-corrected chi connectivity index (χ3v) is 10.2. The lowest BCUT2D eigenvalue weighted by Crippen LogP contribution is -2.37. The third-order valence-electron chi connectivity index (χ3n) is 10.2. The smallest absolute Gasteiger partial charge is 0.433 e. The van der Waals surface area contributed by atoms with Crippen molar-refractivity contribution >= 4 is 34.7 Å². The van der Waals surface area contributed by atoms with Crippen LogP contribution in [0.5, 0.6) is 0 Å². The number of rotatable bonds is 12. The molecule has 0 spiro atoms. The van der Waals surface area contributed by atoms with Crippen molar-refractivity contribution < 1.29 is 32.6 Å². The summed E-state index contributed by atoms with van der Waals surface area (Å²) < 4.78 is 47.6. The molecule has 1 amide bonds. The van der Waals surface area contributed by atoms with Crippen LogP contribution in [-0.4, -0.2) is 87.2 Å². The Labute approximate surface area is 292 Å². The summed E-state index contributed by atoms with van der Waals surface area (Å²) in [5.74, 6) is -1.21. The van der Waals surface area contributed by atoms with Crippen molar-refractivity contribution in [3.05, 3.63) is 58.7 Å². The predicted octanol–water partition coefficient (Wildman–Crippen LogP) is 6.04. The van der Waals surface area contributed by atoms with Gasteiger partial charge in [0.2, 0.25) is 5.95 Å². The number of nitrogens with one attached hydrogen (secondary N) is 2. The molecule has 0 atom stereocenters. The average Bonchev–Trinajstić information content (AvgIpc) is 3.73. The standard InChI is InChI=1S/C36H41F3N8O4/c1-46(19-35(20-51-2)9-3-4-10-35)28-16-26(23-14-25(21-5-6-21)41-29(15-23)36(37,38)39)42-32-31(28)43-34(44-32)45-33(50)27-13-22-7-11-47(12-8-30(48)49)18-24(22)17-40-27/h13-17,21H,3-12,18-20H2,1-2H3,(H,48,49)(H2,42,43,44,45,50). The number of aliphatic carboxylic acids is 1. The molecule has 0 radical (unpaired) electrons. The van der Waals surface area contributed by atoms with E-state index in [4.69, 9.17) is 14.8 Å². The van der Waals surface area contributed by atoms with E-state index in [9.17, 15) is 22.8 Å². The molecule has 1 aliphatic heterocycles. The summed E-state index contributed by atoms with van der Waals surface area (Å²) in [5.41, 5.74) is 3.58. The quantitative estimate of drug-likeness (QED) is 0.159. The molecule has 3 N–H and O–H groups in total. The summed E-state index contributed by atoms with van der Waals surface area (Å²) in [6.45, 7) is 2.90. The highest BCUT2D eigenvalue weighted by Crippen LogP contribution is 2.43. The highest BCUT2D eigenvalue weighted by Gasteiger charge is 2.37. The number of halogens is 3. The Balaban J connectivity index is 1.21. The van der Waals surface area contributed by atoms with Crippen molar-refractivity contribution in [3.8, 4) is 11.3 Å². The summed E-state index contributed by atoms with van der Waals surface area (Å²) >= 11 is 0. The molecular formula is C36H41F3N8O4. The molecule has 0 aromatic carbocycles. The molecule has 12 nitrogen and oxygen atoms in total. The fraction of sp³-hybridized carbons (Fsp3) is 0.500. The first-order valence-corrected chi connectivity index (χ1v) is 17.3. The van der Waals surface area contributed by atoms with Gasteiger partial charge in [-0.1, -0.05) is 12.8 Å². The van der Waals surface area contributed by atoms with Crippen LogP contribution in [0.3, 0.4) is 0 Å². The minimum absolute atomic E-state index is 0.00605. The molecule has 4 aromatic heterocycles. The van der Waals surface area contributed by atoms with Crippen LogP contribution in [-0.2, 0) is 28.7 Å². The number of carboxylic acids is 1. The number of imidazole rings is 1. The molecule has 2 aliphatic carbocycles. The van der Waals surface area contributed by atoms with E-state index in [0.29, 0.717) is 67.4 Å². The fourth-order valence-electron chi connectivity index (χ4n) is 7.52. The number of ether oxygens (including phenoxy) is 1. The first-order chi connectivity index (χ1) is 24.4. The van der Waals surface area contributed by atoms with Crippen LogP contribution >= 0.6 is 0 Å². The average molecular weight is 707 g/mol. The Kier molecular flexibility index (Phi) is 9.44. The Morgan fingerprint density at radius 1 is 1.12 bits per heavy atom. The zero-order chi connectivity index (χ0) is 35.9. The maximum atomic E-state index is 14.0. The van der Waals surface area contributed by atoms with Crippen LogP contribution in [0.2, 0.25) is 0 Å². The van der Waals surface area contributed by atoms with Gasteiger partial charge in [0.25, 0.3) is 5.91 Å². The number of anilines is 2. The minimum atomic E-state index is -4.62. The number of carbonyl (C=O) groups is 2. The number of hydrogen-bond acceptors (Lipinski definition) is 9. The van der Waals surface area contributed by atoms with Gasteiger partial charge in [0, 0.05) is 69.1 Å². The number of methoxy groups -OCH3 is 1. The minimum Gasteiger partial charge on any atom is -0.481 e. The zero-order valence-electron chi connectivity index (χ0n) is 28.6. The summed E-state index contributed by atoms with van der Waals surface area (Å²) in [7, 11) is 3.64. The number of pyridine rings is 3. The third kappa shape index (κ3) is 7.69. The maximum absolute atomic E-state index is 14.0. The number of carboxylic acid groups (broad SMARTS) is 1. The molecule has 2 fully saturated rings. The van der Waals surface area contributed by atoms with Crippen LogP contribution < -0.4 is 10.2 Å². The van der Waals surface area contributed by atoms with E-state index in [1.165, 1.54) is 0 Å². The van der Waals surface area contributed by atoms with Gasteiger partial charge in [0.15, 0.2) is 5.65 Å². The van der Waals surface area contributed by atoms with Gasteiger partial charge in [0.1, 0.15) is 16.9 Å². The SMILES string of the molecule is COCC1(CN(C)c2cc(-c3cc(C4CC4)nc(C(F)(F)F)c3)nc3nc(NC(=O)c4cc5c(cn4)CN(CCC(=O)O)CC5)[nH]c23)CCCC1. The van der Waals surface area contributed by atoms with Crippen molar-refractivity contribution in [1.82, 2.24) is 29.8 Å². The highest BCUT2D eigenvalue weighted by atomic mass is 19.4. The number of hydrogen-bond donors (Lipinski definition) is 3. The number of amides is 1. The Morgan fingerprint density at radius 2 is 1.90 bits per heavy atom. The molecule has 4 aromatic rings. The van der Waals surface area contributed by atoms with Gasteiger partial charge in [-0.15, -0.1) is 0 Å². The second-order valence-corrected chi connectivity index (χ2v) is 14.2. The molecule has 7 rings (SSSR count). The number of aromatic nitrogens is 5. The van der Waals surface area contributed by atoms with Gasteiger partial charge in [-0.05, 0) is 67.5 Å². The van der Waals surface area contributed by atoms with Crippen molar-refractivity contribution in [2.45, 2.75) is 70.0 Å². The molecule has 15 heteroatoms. The molecule has 51 heavy (non-hydrogen) atoms. The number of carbonyl (C=O) groups excluding carboxylic acids is 1. The number of nitrogens with zero attached hydrogens (tertiary/aromatic N) is 6. The van der Waals surface area contributed by atoms with Crippen LogP contribution in [0.1, 0.15) is 83.9 Å². The second kappa shape index (κ2) is 13.8. The Bertz CT molecular complexity index is 1950. The van der Waals surface area contributed by atoms with Gasteiger partial charge in [-0.25, -0.2) is 9.97 Å². The van der Waals surface area contributed by atoms with E-state index < -0.39 is 23.7 Å². The van der Waals surface area contributed by atoms with Crippen molar-refractivity contribution in [2.24, 2.45) is 5.41 Å². The van der Waals surface area contributed by atoms with E-state index in [1.807, 2.05) is 7.05 Å². The largest absolute Gasteiger partial charge is 0.481 e. The zero-order valence-corrected chi connectivity index (χ0v) is 28.6. The maximum Gasteiger partial charge on any atom is 0.433 e. The van der Waals surface area contributed by atoms with Gasteiger partial charge in [0.05, 0.1) is 24.4 Å². The molecule has 5 heterocycles. The molecule has 0 bridgehead atoms. The first-order valence-electron chi connectivity index (χ1n) is 17.3. The van der Waals surface area contributed by atoms with E-state index in [2.05, 4.69) is 35.1 Å². The molecule has 0 unspecified atom stereocenters. The van der Waals surface area contributed by atoms with Crippen LogP contribution in [0.15, 0.2) is 30.5 Å². The lowest BCUT2D eigenvalue weighted by molar-refractivity contribution is -0.141. The number of alkyl halides is 3. The molecule has 270 valence electrons. The van der Waals surface area contributed by atoms with E-state index in [-0.39, 0.29) is 35.0 Å². The highest BCUT2D eigenvalue weighted by molar-refractivity contribution is 6.03. The summed E-state index contributed by atoms with van der Waals surface area (Å²) in [6, 6.07) is 6.25. The normalized spacial score (nSPS) is 17.4. The van der Waals surface area contributed by atoms with E-state index in [0.717, 1.165) is 55.7 Å². The lowest BCUT2D eigenvalue weighted by atomic mass is 9.86.